The second-order valence-electron chi connectivity index (χ2n) is 4.56. The molecule has 2 N–H and O–H groups in total. The molecule has 0 aromatic carbocycles. The Morgan fingerprint density at radius 2 is 1.83 bits per heavy atom. The zero-order valence-corrected chi connectivity index (χ0v) is 13.3. The van der Waals surface area contributed by atoms with Crippen LogP contribution < -0.4 is 10.6 Å². The first-order valence-corrected chi connectivity index (χ1v) is 7.39. The van der Waals surface area contributed by atoms with Crippen molar-refractivity contribution in [3.63, 3.8) is 0 Å². The molecule has 10 heteroatoms. The molecule has 2 aromatic rings. The van der Waals surface area contributed by atoms with E-state index in [9.17, 15) is 22.8 Å². The molecule has 0 aliphatic heterocycles. The van der Waals surface area contributed by atoms with Gasteiger partial charge in [-0.3, -0.25) is 0 Å². The summed E-state index contributed by atoms with van der Waals surface area (Å²) in [4.78, 5) is 27.1. The van der Waals surface area contributed by atoms with E-state index in [1.807, 2.05) is 0 Å². The molecule has 0 aliphatic carbocycles. The summed E-state index contributed by atoms with van der Waals surface area (Å²) in [7, 11) is 1.21. The molecule has 0 unspecified atom stereocenters. The molecule has 0 saturated carbocycles. The minimum atomic E-state index is -4.56. The molecule has 128 valence electrons. The van der Waals surface area contributed by atoms with Crippen LogP contribution in [0.25, 0.3) is 0 Å². The lowest BCUT2D eigenvalue weighted by Crippen LogP contribution is -2.21. The van der Waals surface area contributed by atoms with E-state index in [0.717, 1.165) is 23.5 Å². The Balaban J connectivity index is 2.11. The van der Waals surface area contributed by atoms with Crippen molar-refractivity contribution in [2.24, 2.45) is 0 Å². The summed E-state index contributed by atoms with van der Waals surface area (Å²) in [6, 6.07) is 2.67. The molecule has 6 nitrogen and oxygen atoms in total. The largest absolute Gasteiger partial charge is 0.465 e. The summed E-state index contributed by atoms with van der Waals surface area (Å²) in [5.74, 6) is -0.604. The van der Waals surface area contributed by atoms with Crippen LogP contribution in [0.2, 0.25) is 0 Å². The van der Waals surface area contributed by atoms with Gasteiger partial charge in [0.25, 0.3) is 0 Å². The first kappa shape index (κ1) is 17.7. The van der Waals surface area contributed by atoms with Crippen LogP contribution in [-0.2, 0) is 10.9 Å². The number of methoxy groups -OCH3 is 1. The molecule has 0 spiro atoms. The number of anilines is 2. The molecule has 24 heavy (non-hydrogen) atoms. The number of nitrogens with one attached hydrogen (secondary N) is 2. The first-order chi connectivity index (χ1) is 11.2. The Hall–Kier alpha value is -2.62. The average Bonchev–Trinajstić information content (AvgIpc) is 2.95. The number of rotatable bonds is 3. The number of esters is 1. The zero-order valence-electron chi connectivity index (χ0n) is 12.5. The molecule has 2 rings (SSSR count). The summed E-state index contributed by atoms with van der Waals surface area (Å²) in [6.07, 6.45) is -4.56. The molecule has 0 saturated heterocycles. The Bertz CT molecular complexity index is 774. The number of nitrogens with zero attached hydrogens (tertiary/aromatic N) is 1. The number of carbonyl (C=O) groups excluding carboxylic acids is 2. The van der Waals surface area contributed by atoms with Crippen molar-refractivity contribution in [2.75, 3.05) is 17.7 Å². The zero-order chi connectivity index (χ0) is 17.9. The lowest BCUT2D eigenvalue weighted by atomic mass is 10.2. The number of hydrogen-bond donors (Lipinski definition) is 2. The fraction of sp³-hybridized carbons (Fsp3) is 0.214. The van der Waals surface area contributed by atoms with Gasteiger partial charge in [0.2, 0.25) is 0 Å². The standard InChI is InChI=1S/C14H12F3N3O3S/c1-7-8(3-4-10(18-7)14(15,16)17)19-13(22)20-9-5-6-24-11(9)12(21)23-2/h3-6H,1-2H3,(H2,19,20,22). The summed E-state index contributed by atoms with van der Waals surface area (Å²) >= 11 is 1.08. The maximum absolute atomic E-state index is 12.6. The van der Waals surface area contributed by atoms with E-state index >= 15 is 0 Å². The van der Waals surface area contributed by atoms with Crippen LogP contribution in [-0.4, -0.2) is 24.1 Å². The molecule has 2 heterocycles. The molecule has 0 radical (unpaired) electrons. The maximum atomic E-state index is 12.6. The Labute approximate surface area is 138 Å². The number of thiophene rings is 1. The number of halogens is 3. The van der Waals surface area contributed by atoms with Crippen LogP contribution in [0.3, 0.4) is 0 Å². The van der Waals surface area contributed by atoms with Gasteiger partial charge in [0.05, 0.1) is 24.2 Å². The van der Waals surface area contributed by atoms with Crippen LogP contribution >= 0.6 is 11.3 Å². The van der Waals surface area contributed by atoms with Crippen LogP contribution in [0.1, 0.15) is 21.1 Å². The van der Waals surface area contributed by atoms with Crippen molar-refractivity contribution >= 4 is 34.7 Å². The van der Waals surface area contributed by atoms with Gasteiger partial charge >= 0.3 is 18.2 Å². The second kappa shape index (κ2) is 6.87. The molecule has 0 aliphatic rings. The van der Waals surface area contributed by atoms with Gasteiger partial charge in [-0.15, -0.1) is 11.3 Å². The minimum Gasteiger partial charge on any atom is -0.465 e. The normalized spacial score (nSPS) is 11.0. The number of aryl methyl sites for hydroxylation is 1. The van der Waals surface area contributed by atoms with Gasteiger partial charge in [-0.25, -0.2) is 14.6 Å². The number of pyridine rings is 1. The van der Waals surface area contributed by atoms with Crippen molar-refractivity contribution < 1.29 is 27.5 Å². The van der Waals surface area contributed by atoms with Crippen molar-refractivity contribution in [1.82, 2.24) is 4.98 Å². The van der Waals surface area contributed by atoms with Crippen molar-refractivity contribution in [3.05, 3.63) is 39.8 Å². The number of alkyl halides is 3. The third-order valence-corrected chi connectivity index (χ3v) is 3.80. The quantitative estimate of drug-likeness (QED) is 0.815. The van der Waals surface area contributed by atoms with Crippen molar-refractivity contribution in [1.29, 1.82) is 0 Å². The van der Waals surface area contributed by atoms with E-state index in [4.69, 9.17) is 0 Å². The second-order valence-corrected chi connectivity index (χ2v) is 5.48. The lowest BCUT2D eigenvalue weighted by Gasteiger charge is -2.12. The Morgan fingerprint density at radius 1 is 1.17 bits per heavy atom. The highest BCUT2D eigenvalue weighted by molar-refractivity contribution is 7.12. The van der Waals surface area contributed by atoms with E-state index in [1.54, 1.807) is 5.38 Å². The van der Waals surface area contributed by atoms with E-state index in [0.29, 0.717) is 0 Å². The van der Waals surface area contributed by atoms with Gasteiger partial charge < -0.3 is 15.4 Å². The summed E-state index contributed by atoms with van der Waals surface area (Å²) in [6.45, 7) is 1.34. The third-order valence-electron chi connectivity index (χ3n) is 2.91. The Morgan fingerprint density at radius 3 is 2.42 bits per heavy atom. The van der Waals surface area contributed by atoms with Gasteiger partial charge in [-0.2, -0.15) is 13.2 Å². The lowest BCUT2D eigenvalue weighted by molar-refractivity contribution is -0.141. The van der Waals surface area contributed by atoms with E-state index in [2.05, 4.69) is 20.4 Å². The summed E-state index contributed by atoms with van der Waals surface area (Å²) < 4.78 is 42.3. The molecular weight excluding hydrogens is 347 g/mol. The number of urea groups is 1. The predicted octanol–water partition coefficient (Wildman–Crippen LogP) is 3.90. The van der Waals surface area contributed by atoms with Gasteiger partial charge in [0, 0.05) is 0 Å². The van der Waals surface area contributed by atoms with E-state index in [1.165, 1.54) is 20.1 Å². The number of hydrogen-bond acceptors (Lipinski definition) is 5. The highest BCUT2D eigenvalue weighted by Gasteiger charge is 2.32. The summed E-state index contributed by atoms with van der Waals surface area (Å²) in [5.41, 5.74) is -0.674. The number of aromatic nitrogens is 1. The molecule has 0 bridgehead atoms. The van der Waals surface area contributed by atoms with Gasteiger partial charge in [-0.1, -0.05) is 0 Å². The van der Waals surface area contributed by atoms with E-state index < -0.39 is 23.9 Å². The topological polar surface area (TPSA) is 80.3 Å². The monoisotopic (exact) mass is 359 g/mol. The highest BCUT2D eigenvalue weighted by atomic mass is 32.1. The molecule has 2 aromatic heterocycles. The molecule has 0 atom stereocenters. The Kier molecular flexibility index (Phi) is 5.07. The van der Waals surface area contributed by atoms with Gasteiger partial charge in [-0.05, 0) is 30.5 Å². The van der Waals surface area contributed by atoms with Gasteiger partial charge in [0.1, 0.15) is 10.6 Å². The maximum Gasteiger partial charge on any atom is 0.433 e. The smallest absolute Gasteiger partial charge is 0.433 e. The fourth-order valence-electron chi connectivity index (χ4n) is 1.79. The number of ether oxygens (including phenoxy) is 1. The molecule has 0 fully saturated rings. The SMILES string of the molecule is COC(=O)c1sccc1NC(=O)Nc1ccc(C(F)(F)F)nc1C. The van der Waals surface area contributed by atoms with E-state index in [-0.39, 0.29) is 21.9 Å². The van der Waals surface area contributed by atoms with Crippen LogP contribution in [0.5, 0.6) is 0 Å². The minimum absolute atomic E-state index is 0.0125. The number of carbonyl (C=O) groups is 2. The predicted molar refractivity (Wildman–Crippen MR) is 82.3 cm³/mol. The highest BCUT2D eigenvalue weighted by Crippen LogP contribution is 2.29. The number of amides is 2. The van der Waals surface area contributed by atoms with Gasteiger partial charge in [0.15, 0.2) is 0 Å². The average molecular weight is 359 g/mol. The molecular formula is C14H12F3N3O3S. The third kappa shape index (κ3) is 4.02. The van der Waals surface area contributed by atoms with Crippen LogP contribution in [0, 0.1) is 6.92 Å². The van der Waals surface area contributed by atoms with Crippen LogP contribution in [0.4, 0.5) is 29.3 Å². The fourth-order valence-corrected chi connectivity index (χ4v) is 2.55. The van der Waals surface area contributed by atoms with Crippen LogP contribution in [0.15, 0.2) is 23.6 Å². The van der Waals surface area contributed by atoms with Crippen molar-refractivity contribution in [3.8, 4) is 0 Å². The molecule has 2 amide bonds. The first-order valence-electron chi connectivity index (χ1n) is 6.51. The summed E-state index contributed by atoms with van der Waals surface area (Å²) in [5, 5.41) is 6.41. The van der Waals surface area contributed by atoms with Crippen molar-refractivity contribution in [2.45, 2.75) is 13.1 Å².